The fourth-order valence-corrected chi connectivity index (χ4v) is 3.34. The predicted molar refractivity (Wildman–Crippen MR) is 57.4 cm³/mol. The molecule has 1 saturated heterocycles. The van der Waals surface area contributed by atoms with Gasteiger partial charge in [-0.1, -0.05) is 0 Å². The van der Waals surface area contributed by atoms with Crippen molar-refractivity contribution in [1.82, 2.24) is 14.5 Å². The third-order valence-electron chi connectivity index (χ3n) is 2.48. The summed E-state index contributed by atoms with van der Waals surface area (Å²) in [6.45, 7) is 4.49. The van der Waals surface area contributed by atoms with Crippen LogP contribution in [0, 0.1) is 0 Å². The van der Waals surface area contributed by atoms with E-state index in [1.54, 1.807) is 0 Å². The van der Waals surface area contributed by atoms with Crippen molar-refractivity contribution in [3.8, 4) is 0 Å². The Kier molecular flexibility index (Phi) is 3.00. The van der Waals surface area contributed by atoms with Crippen LogP contribution in [-0.2, 0) is 14.8 Å². The van der Waals surface area contributed by atoms with Crippen LogP contribution in [0.5, 0.6) is 0 Å². The van der Waals surface area contributed by atoms with Crippen LogP contribution < -0.4 is 0 Å². The zero-order chi connectivity index (χ0) is 11.8. The maximum absolute atomic E-state index is 12.1. The van der Waals surface area contributed by atoms with Crippen molar-refractivity contribution in [2.75, 3.05) is 13.1 Å². The molecular weight excluding hydrogens is 230 g/mol. The first-order chi connectivity index (χ1) is 7.50. The SMILES string of the molecule is C[C@@H]1CN(S(=O)(=O)c2ccn[nH]2)C[C@H](C)O1. The standard InChI is InChI=1S/C9H15N3O3S/c1-7-5-12(6-8(2)15-7)16(13,14)9-3-4-10-11-9/h3-4,7-8H,5-6H2,1-2H3,(H,10,11)/t7-,8+. The molecule has 2 rings (SSSR count). The number of morpholine rings is 1. The molecule has 0 radical (unpaired) electrons. The summed E-state index contributed by atoms with van der Waals surface area (Å²) in [5.41, 5.74) is 0. The minimum absolute atomic E-state index is 0.0820. The van der Waals surface area contributed by atoms with Gasteiger partial charge in [-0.3, -0.25) is 5.10 Å². The van der Waals surface area contributed by atoms with Crippen LogP contribution in [0.1, 0.15) is 13.8 Å². The van der Waals surface area contributed by atoms with Crippen LogP contribution in [-0.4, -0.2) is 48.2 Å². The van der Waals surface area contributed by atoms with E-state index in [-0.39, 0.29) is 17.2 Å². The number of nitrogens with one attached hydrogen (secondary N) is 1. The quantitative estimate of drug-likeness (QED) is 0.808. The molecule has 0 saturated carbocycles. The van der Waals surface area contributed by atoms with E-state index in [0.29, 0.717) is 13.1 Å². The second-order valence-electron chi connectivity index (χ2n) is 4.00. The molecule has 2 atom stereocenters. The van der Waals surface area contributed by atoms with Gasteiger partial charge in [0.05, 0.1) is 18.4 Å². The van der Waals surface area contributed by atoms with Gasteiger partial charge in [-0.15, -0.1) is 0 Å². The molecule has 0 amide bonds. The van der Waals surface area contributed by atoms with Gasteiger partial charge in [0.1, 0.15) is 0 Å². The summed E-state index contributed by atoms with van der Waals surface area (Å²) in [5.74, 6) is 0. The first-order valence-electron chi connectivity index (χ1n) is 5.15. The van der Waals surface area contributed by atoms with E-state index in [1.165, 1.54) is 16.6 Å². The minimum atomic E-state index is -3.45. The molecule has 0 aromatic carbocycles. The van der Waals surface area contributed by atoms with E-state index in [2.05, 4.69) is 10.2 Å². The topological polar surface area (TPSA) is 75.3 Å². The molecular formula is C9H15N3O3S. The van der Waals surface area contributed by atoms with Gasteiger partial charge in [0.25, 0.3) is 10.0 Å². The average molecular weight is 245 g/mol. The second kappa shape index (κ2) is 4.15. The number of rotatable bonds is 2. The van der Waals surface area contributed by atoms with Crippen molar-refractivity contribution < 1.29 is 13.2 Å². The van der Waals surface area contributed by atoms with Gasteiger partial charge in [-0.25, -0.2) is 8.42 Å². The highest BCUT2D eigenvalue weighted by atomic mass is 32.2. The molecule has 90 valence electrons. The second-order valence-corrected chi connectivity index (χ2v) is 5.91. The van der Waals surface area contributed by atoms with E-state index < -0.39 is 10.0 Å². The van der Waals surface area contributed by atoms with Gasteiger partial charge in [-0.05, 0) is 19.9 Å². The molecule has 0 aliphatic carbocycles. The average Bonchev–Trinajstić information content (AvgIpc) is 2.69. The van der Waals surface area contributed by atoms with E-state index in [1.807, 2.05) is 13.8 Å². The van der Waals surface area contributed by atoms with Crippen LogP contribution in [0.25, 0.3) is 0 Å². The van der Waals surface area contributed by atoms with E-state index in [0.717, 1.165) is 0 Å². The van der Waals surface area contributed by atoms with Crippen molar-refractivity contribution in [3.63, 3.8) is 0 Å². The summed E-state index contributed by atoms with van der Waals surface area (Å²) in [6, 6.07) is 1.46. The van der Waals surface area contributed by atoms with Crippen LogP contribution in [0.2, 0.25) is 0 Å². The fraction of sp³-hybridized carbons (Fsp3) is 0.667. The summed E-state index contributed by atoms with van der Waals surface area (Å²) < 4.78 is 31.2. The van der Waals surface area contributed by atoms with Crippen molar-refractivity contribution in [3.05, 3.63) is 12.3 Å². The number of sulfonamides is 1. The monoisotopic (exact) mass is 245 g/mol. The molecule has 0 bridgehead atoms. The molecule has 16 heavy (non-hydrogen) atoms. The molecule has 1 N–H and O–H groups in total. The van der Waals surface area contributed by atoms with Gasteiger partial charge >= 0.3 is 0 Å². The lowest BCUT2D eigenvalue weighted by Gasteiger charge is -2.33. The maximum atomic E-state index is 12.1. The van der Waals surface area contributed by atoms with Gasteiger partial charge in [0.2, 0.25) is 0 Å². The number of aromatic nitrogens is 2. The van der Waals surface area contributed by atoms with Crippen LogP contribution in [0.15, 0.2) is 17.3 Å². The predicted octanol–water partition coefficient (Wildman–Crippen LogP) is 0.208. The van der Waals surface area contributed by atoms with Crippen LogP contribution >= 0.6 is 0 Å². The third kappa shape index (κ3) is 2.11. The molecule has 6 nitrogen and oxygen atoms in total. The van der Waals surface area contributed by atoms with E-state index in [9.17, 15) is 8.42 Å². The molecule has 0 spiro atoms. The summed E-state index contributed by atoms with van der Waals surface area (Å²) in [4.78, 5) is 0. The number of H-pyrrole nitrogens is 1. The Hall–Kier alpha value is -0.920. The van der Waals surface area contributed by atoms with E-state index in [4.69, 9.17) is 4.74 Å². The number of ether oxygens (including phenoxy) is 1. The Labute approximate surface area is 94.6 Å². The lowest BCUT2D eigenvalue weighted by atomic mass is 10.3. The molecule has 1 aliphatic rings. The molecule has 0 unspecified atom stereocenters. The van der Waals surface area contributed by atoms with E-state index >= 15 is 0 Å². The lowest BCUT2D eigenvalue weighted by Crippen LogP contribution is -2.48. The zero-order valence-corrected chi connectivity index (χ0v) is 10.1. The Morgan fingerprint density at radius 1 is 1.44 bits per heavy atom. The highest BCUT2D eigenvalue weighted by Crippen LogP contribution is 2.18. The summed E-state index contributed by atoms with van der Waals surface area (Å²) in [7, 11) is -3.45. The zero-order valence-electron chi connectivity index (χ0n) is 9.25. The van der Waals surface area contributed by atoms with Crippen molar-refractivity contribution >= 4 is 10.0 Å². The van der Waals surface area contributed by atoms with Crippen LogP contribution in [0.3, 0.4) is 0 Å². The largest absolute Gasteiger partial charge is 0.373 e. The molecule has 1 aromatic rings. The summed E-state index contributed by atoms with van der Waals surface area (Å²) >= 11 is 0. The first kappa shape index (κ1) is 11.6. The molecule has 1 fully saturated rings. The Bertz CT molecular complexity index is 433. The fourth-order valence-electron chi connectivity index (χ4n) is 1.85. The Morgan fingerprint density at radius 2 is 2.06 bits per heavy atom. The van der Waals surface area contributed by atoms with Crippen LogP contribution in [0.4, 0.5) is 0 Å². The summed E-state index contributed by atoms with van der Waals surface area (Å²) in [5, 5.41) is 6.28. The molecule has 7 heteroatoms. The van der Waals surface area contributed by atoms with Crippen molar-refractivity contribution in [2.24, 2.45) is 0 Å². The Balaban J connectivity index is 2.24. The van der Waals surface area contributed by atoms with Gasteiger partial charge < -0.3 is 4.74 Å². The highest BCUT2D eigenvalue weighted by Gasteiger charge is 2.32. The number of nitrogens with zero attached hydrogens (tertiary/aromatic N) is 2. The van der Waals surface area contributed by atoms with Gasteiger partial charge in [0.15, 0.2) is 5.03 Å². The summed E-state index contributed by atoms with van der Waals surface area (Å²) in [6.07, 6.45) is 1.27. The molecule has 2 heterocycles. The van der Waals surface area contributed by atoms with Crippen molar-refractivity contribution in [1.29, 1.82) is 0 Å². The van der Waals surface area contributed by atoms with Gasteiger partial charge in [0, 0.05) is 13.1 Å². The number of hydrogen-bond acceptors (Lipinski definition) is 4. The Morgan fingerprint density at radius 3 is 2.56 bits per heavy atom. The maximum Gasteiger partial charge on any atom is 0.260 e. The lowest BCUT2D eigenvalue weighted by molar-refractivity contribution is -0.0441. The van der Waals surface area contributed by atoms with Gasteiger partial charge in [-0.2, -0.15) is 9.40 Å². The van der Waals surface area contributed by atoms with Crippen molar-refractivity contribution in [2.45, 2.75) is 31.1 Å². The first-order valence-corrected chi connectivity index (χ1v) is 6.59. The molecule has 1 aliphatic heterocycles. The number of aromatic amines is 1. The number of hydrogen-bond donors (Lipinski definition) is 1. The smallest absolute Gasteiger partial charge is 0.260 e. The normalized spacial score (nSPS) is 28.1. The highest BCUT2D eigenvalue weighted by molar-refractivity contribution is 7.89. The third-order valence-corrected chi connectivity index (χ3v) is 4.24. The molecule has 1 aromatic heterocycles. The minimum Gasteiger partial charge on any atom is -0.373 e.